The van der Waals surface area contributed by atoms with Crippen LogP contribution in [0.3, 0.4) is 0 Å². The molecule has 0 aliphatic heterocycles. The van der Waals surface area contributed by atoms with E-state index in [1.165, 1.54) is 12.0 Å². The largest absolute Gasteiger partial charge is 0.265 e. The Bertz CT molecular complexity index is 143. The van der Waals surface area contributed by atoms with Crippen LogP contribution in [0.4, 0.5) is 0 Å². The topological polar surface area (TPSA) is 12.4 Å². The zero-order valence-corrected chi connectivity index (χ0v) is 6.80. The van der Waals surface area contributed by atoms with Crippen molar-refractivity contribution in [2.24, 2.45) is 4.99 Å². The minimum Gasteiger partial charge on any atom is -0.265 e. The van der Waals surface area contributed by atoms with Crippen LogP contribution >= 0.6 is 0 Å². The summed E-state index contributed by atoms with van der Waals surface area (Å²) < 4.78 is 0. The van der Waals surface area contributed by atoms with E-state index in [4.69, 9.17) is 0 Å². The molecule has 0 aliphatic rings. The summed E-state index contributed by atoms with van der Waals surface area (Å²) in [6, 6.07) is 0. The van der Waals surface area contributed by atoms with E-state index in [0.717, 1.165) is 6.42 Å². The molecule has 1 heteroatoms. The molecule has 0 saturated carbocycles. The van der Waals surface area contributed by atoms with Crippen molar-refractivity contribution in [1.82, 2.24) is 0 Å². The van der Waals surface area contributed by atoms with Gasteiger partial charge < -0.3 is 0 Å². The maximum atomic E-state index is 3.93. The van der Waals surface area contributed by atoms with Gasteiger partial charge in [0.25, 0.3) is 0 Å². The van der Waals surface area contributed by atoms with E-state index >= 15 is 0 Å². The first-order valence-corrected chi connectivity index (χ1v) is 3.64. The van der Waals surface area contributed by atoms with Crippen molar-refractivity contribution in [2.45, 2.75) is 26.7 Å². The predicted octanol–water partition coefficient (Wildman–Crippen LogP) is 2.95. The van der Waals surface area contributed by atoms with Crippen LogP contribution in [-0.4, -0.2) is 6.21 Å². The molecule has 0 rings (SSSR count). The van der Waals surface area contributed by atoms with Gasteiger partial charge in [-0.05, 0) is 18.9 Å². The molecule has 0 aromatic carbocycles. The van der Waals surface area contributed by atoms with Gasteiger partial charge in [-0.3, -0.25) is 4.99 Å². The minimum atomic E-state index is 1.10. The second-order valence-electron chi connectivity index (χ2n) is 2.07. The Morgan fingerprint density at radius 1 is 1.60 bits per heavy atom. The van der Waals surface area contributed by atoms with Crippen LogP contribution in [0.2, 0.25) is 0 Å². The molecular weight excluding hydrogens is 122 g/mol. The van der Waals surface area contributed by atoms with Gasteiger partial charge in [0.05, 0.1) is 0 Å². The van der Waals surface area contributed by atoms with Crippen molar-refractivity contribution >= 4 is 6.21 Å². The number of nitrogens with zero attached hydrogens (tertiary/aromatic N) is 1. The summed E-state index contributed by atoms with van der Waals surface area (Å²) in [5, 5.41) is 0. The maximum absolute atomic E-state index is 3.93. The van der Waals surface area contributed by atoms with Gasteiger partial charge in [0, 0.05) is 12.4 Å². The van der Waals surface area contributed by atoms with E-state index < -0.39 is 0 Å². The normalized spacial score (nSPS) is 12.4. The van der Waals surface area contributed by atoms with Crippen LogP contribution in [0.25, 0.3) is 0 Å². The number of aliphatic imine (C=N–C) groups is 1. The molecule has 0 spiro atoms. The van der Waals surface area contributed by atoms with Crippen LogP contribution in [-0.2, 0) is 0 Å². The molecule has 0 fully saturated rings. The predicted molar refractivity (Wildman–Crippen MR) is 47.4 cm³/mol. The molecule has 0 radical (unpaired) electrons. The van der Waals surface area contributed by atoms with E-state index in [1.807, 2.05) is 13.1 Å². The van der Waals surface area contributed by atoms with E-state index in [0.29, 0.717) is 0 Å². The average Bonchev–Trinajstić information content (AvgIpc) is 1.98. The molecule has 56 valence electrons. The number of hydrogen-bond donors (Lipinski definition) is 0. The highest BCUT2D eigenvalue weighted by atomic mass is 14.7. The molecule has 0 amide bonds. The lowest BCUT2D eigenvalue weighted by Crippen LogP contribution is -1.82. The summed E-state index contributed by atoms with van der Waals surface area (Å²) in [7, 11) is 0. The van der Waals surface area contributed by atoms with Crippen molar-refractivity contribution in [3.05, 3.63) is 24.4 Å². The van der Waals surface area contributed by atoms with Crippen LogP contribution < -0.4 is 0 Å². The Kier molecular flexibility index (Phi) is 5.74. The highest BCUT2D eigenvalue weighted by Crippen LogP contribution is 2.00. The third-order valence-electron chi connectivity index (χ3n) is 1.26. The zero-order chi connectivity index (χ0) is 7.82. The third kappa shape index (κ3) is 4.07. The molecule has 0 atom stereocenters. The Hall–Kier alpha value is -0.850. The molecule has 0 N–H and O–H groups in total. The molecule has 0 saturated heterocycles. The minimum absolute atomic E-state index is 1.10. The quantitative estimate of drug-likeness (QED) is 0.528. The number of rotatable bonds is 4. The SMILES string of the molecule is C=CN=C/C(=C\C)CCC. The van der Waals surface area contributed by atoms with Gasteiger partial charge in [-0.2, -0.15) is 0 Å². The molecule has 10 heavy (non-hydrogen) atoms. The van der Waals surface area contributed by atoms with Crippen LogP contribution in [0, 0.1) is 0 Å². The molecule has 0 bridgehead atoms. The first kappa shape index (κ1) is 9.15. The monoisotopic (exact) mass is 137 g/mol. The average molecular weight is 137 g/mol. The Labute approximate surface area is 63.2 Å². The second-order valence-corrected chi connectivity index (χ2v) is 2.07. The Balaban J connectivity index is 3.84. The summed E-state index contributed by atoms with van der Waals surface area (Å²) in [4.78, 5) is 3.93. The number of hydrogen-bond acceptors (Lipinski definition) is 1. The van der Waals surface area contributed by atoms with Crippen molar-refractivity contribution in [3.63, 3.8) is 0 Å². The van der Waals surface area contributed by atoms with Crippen LogP contribution in [0.1, 0.15) is 26.7 Å². The van der Waals surface area contributed by atoms with Crippen LogP contribution in [0.15, 0.2) is 29.4 Å². The van der Waals surface area contributed by atoms with Gasteiger partial charge >= 0.3 is 0 Å². The van der Waals surface area contributed by atoms with Crippen LogP contribution in [0.5, 0.6) is 0 Å². The lowest BCUT2D eigenvalue weighted by molar-refractivity contribution is 0.937. The van der Waals surface area contributed by atoms with Crippen molar-refractivity contribution in [3.8, 4) is 0 Å². The Morgan fingerprint density at radius 2 is 2.30 bits per heavy atom. The fourth-order valence-electron chi connectivity index (χ4n) is 0.721. The fourth-order valence-corrected chi connectivity index (χ4v) is 0.721. The van der Waals surface area contributed by atoms with Gasteiger partial charge in [0.15, 0.2) is 0 Å². The maximum Gasteiger partial charge on any atom is 0.0296 e. The second kappa shape index (κ2) is 6.27. The highest BCUT2D eigenvalue weighted by molar-refractivity contribution is 5.78. The van der Waals surface area contributed by atoms with E-state index in [1.54, 1.807) is 6.20 Å². The third-order valence-corrected chi connectivity index (χ3v) is 1.26. The summed E-state index contributed by atoms with van der Waals surface area (Å²) >= 11 is 0. The molecule has 0 aromatic heterocycles. The first-order valence-electron chi connectivity index (χ1n) is 3.64. The molecule has 0 aromatic rings. The standard InChI is InChI=1S/C9H15N/c1-4-7-9(5-2)8-10-6-3/h5-6,8H,3-4,7H2,1-2H3/b9-5-,10-8?. The van der Waals surface area contributed by atoms with Gasteiger partial charge in [0.2, 0.25) is 0 Å². The molecule has 1 nitrogen and oxygen atoms in total. The Morgan fingerprint density at radius 3 is 2.70 bits per heavy atom. The van der Waals surface area contributed by atoms with Crippen molar-refractivity contribution in [1.29, 1.82) is 0 Å². The lowest BCUT2D eigenvalue weighted by Gasteiger charge is -1.93. The van der Waals surface area contributed by atoms with Gasteiger partial charge in [-0.25, -0.2) is 0 Å². The molecule has 0 heterocycles. The van der Waals surface area contributed by atoms with Gasteiger partial charge in [0.1, 0.15) is 0 Å². The highest BCUT2D eigenvalue weighted by Gasteiger charge is 1.86. The van der Waals surface area contributed by atoms with E-state index in [-0.39, 0.29) is 0 Å². The zero-order valence-electron chi connectivity index (χ0n) is 6.80. The van der Waals surface area contributed by atoms with E-state index in [9.17, 15) is 0 Å². The lowest BCUT2D eigenvalue weighted by atomic mass is 10.1. The summed E-state index contributed by atoms with van der Waals surface area (Å²) in [5.74, 6) is 0. The van der Waals surface area contributed by atoms with Gasteiger partial charge in [-0.1, -0.05) is 26.0 Å². The van der Waals surface area contributed by atoms with Crippen molar-refractivity contribution in [2.75, 3.05) is 0 Å². The molecular formula is C9H15N. The summed E-state index contributed by atoms with van der Waals surface area (Å²) in [5.41, 5.74) is 1.28. The summed E-state index contributed by atoms with van der Waals surface area (Å²) in [6.07, 6.45) is 7.77. The molecule has 0 aliphatic carbocycles. The fraction of sp³-hybridized carbons (Fsp3) is 0.444. The summed E-state index contributed by atoms with van der Waals surface area (Å²) in [6.45, 7) is 7.69. The van der Waals surface area contributed by atoms with E-state index in [2.05, 4.69) is 24.6 Å². The van der Waals surface area contributed by atoms with Gasteiger partial charge in [-0.15, -0.1) is 0 Å². The molecule has 0 unspecified atom stereocenters. The first-order chi connectivity index (χ1) is 4.85. The van der Waals surface area contributed by atoms with Crippen molar-refractivity contribution < 1.29 is 0 Å². The number of allylic oxidation sites excluding steroid dienone is 2. The smallest absolute Gasteiger partial charge is 0.0296 e.